The molecular formula is C18H22BFN2O2. The monoisotopic (exact) mass is 328 g/mol. The van der Waals surface area contributed by atoms with Gasteiger partial charge in [-0.15, -0.1) is 0 Å². The zero-order valence-electron chi connectivity index (χ0n) is 14.5. The van der Waals surface area contributed by atoms with Gasteiger partial charge in [0.2, 0.25) is 0 Å². The fraction of sp³-hybridized carbons (Fsp3) is 0.500. The fourth-order valence-electron chi connectivity index (χ4n) is 3.26. The second kappa shape index (κ2) is 5.17. The summed E-state index contributed by atoms with van der Waals surface area (Å²) in [6, 6.07) is 6.06. The minimum absolute atomic E-state index is 0.251. The molecule has 2 fully saturated rings. The predicted octanol–water partition coefficient (Wildman–Crippen LogP) is 4.30. The Hall–Kier alpha value is -1.66. The summed E-state index contributed by atoms with van der Waals surface area (Å²) in [6.07, 6.45) is 3.16. The van der Waals surface area contributed by atoms with Crippen molar-refractivity contribution in [1.82, 2.24) is 9.97 Å². The summed E-state index contributed by atoms with van der Waals surface area (Å²) >= 11 is 0. The first-order valence-electron chi connectivity index (χ1n) is 8.43. The SMILES string of the molecule is CC1(C)OB(C(F)=C2CC(c3cc4cccnc4[nH]3)C2)OC1(C)C. The van der Waals surface area contributed by atoms with Gasteiger partial charge in [-0.3, -0.25) is 0 Å². The average molecular weight is 328 g/mol. The number of aromatic nitrogens is 2. The number of rotatable bonds is 2. The number of hydrogen-bond acceptors (Lipinski definition) is 3. The standard InChI is InChI=1S/C18H22BFN2O2/c1-17(2)18(3,4)24-19(23-17)15(20)13-8-12(9-13)14-10-11-6-5-7-21-16(11)22-14/h5-7,10,12H,8-9H2,1-4H3,(H,21,22). The number of fused-ring (bicyclic) bond motifs is 1. The van der Waals surface area contributed by atoms with E-state index in [-0.39, 0.29) is 5.73 Å². The minimum atomic E-state index is -0.879. The Kier molecular flexibility index (Phi) is 3.41. The maximum atomic E-state index is 14.7. The van der Waals surface area contributed by atoms with E-state index in [1.807, 2.05) is 39.8 Å². The zero-order valence-corrected chi connectivity index (χ0v) is 14.5. The van der Waals surface area contributed by atoms with Crippen LogP contribution in [-0.4, -0.2) is 28.3 Å². The topological polar surface area (TPSA) is 47.1 Å². The van der Waals surface area contributed by atoms with Gasteiger partial charge in [0.15, 0.2) is 0 Å². The van der Waals surface area contributed by atoms with Crippen LogP contribution in [0.25, 0.3) is 11.0 Å². The third-order valence-corrected chi connectivity index (χ3v) is 5.64. The highest BCUT2D eigenvalue weighted by molar-refractivity contribution is 6.53. The molecule has 1 saturated carbocycles. The highest BCUT2D eigenvalue weighted by atomic mass is 19.1. The summed E-state index contributed by atoms with van der Waals surface area (Å²) in [4.78, 5) is 7.64. The van der Waals surface area contributed by atoms with E-state index in [0.29, 0.717) is 18.8 Å². The Bertz CT molecular complexity index is 770. The highest BCUT2D eigenvalue weighted by Gasteiger charge is 2.54. The number of nitrogens with zero attached hydrogens (tertiary/aromatic N) is 1. The molecule has 0 unspecified atom stereocenters. The summed E-state index contributed by atoms with van der Waals surface area (Å²) in [5.74, 6) is 0.308. The van der Waals surface area contributed by atoms with Crippen molar-refractivity contribution in [3.8, 4) is 0 Å². The molecule has 0 radical (unpaired) electrons. The molecule has 0 aromatic carbocycles. The van der Waals surface area contributed by atoms with Crippen LogP contribution in [0.15, 0.2) is 35.7 Å². The molecule has 6 heteroatoms. The summed E-state index contributed by atoms with van der Waals surface area (Å²) in [7, 11) is -0.879. The van der Waals surface area contributed by atoms with Gasteiger partial charge >= 0.3 is 7.12 Å². The lowest BCUT2D eigenvalue weighted by molar-refractivity contribution is 0.00578. The summed E-state index contributed by atoms with van der Waals surface area (Å²) in [6.45, 7) is 7.75. The van der Waals surface area contributed by atoms with Crippen LogP contribution in [0.1, 0.15) is 52.1 Å². The molecular weight excluding hydrogens is 306 g/mol. The quantitative estimate of drug-likeness (QED) is 0.837. The van der Waals surface area contributed by atoms with E-state index in [1.54, 1.807) is 6.20 Å². The second-order valence-corrected chi connectivity index (χ2v) is 7.81. The van der Waals surface area contributed by atoms with Crippen LogP contribution in [0.3, 0.4) is 0 Å². The van der Waals surface area contributed by atoms with Crippen molar-refractivity contribution in [2.45, 2.75) is 57.7 Å². The Morgan fingerprint density at radius 2 is 1.92 bits per heavy atom. The van der Waals surface area contributed by atoms with E-state index in [9.17, 15) is 4.39 Å². The molecule has 0 spiro atoms. The van der Waals surface area contributed by atoms with Crippen LogP contribution >= 0.6 is 0 Å². The number of nitrogens with one attached hydrogen (secondary N) is 1. The summed E-state index contributed by atoms with van der Waals surface area (Å²) < 4.78 is 26.3. The lowest BCUT2D eigenvalue weighted by Gasteiger charge is -2.32. The first-order valence-corrected chi connectivity index (χ1v) is 8.43. The van der Waals surface area contributed by atoms with Gasteiger partial charge in [-0.05, 0) is 64.3 Å². The van der Waals surface area contributed by atoms with Gasteiger partial charge in [0.1, 0.15) is 11.4 Å². The van der Waals surface area contributed by atoms with E-state index in [4.69, 9.17) is 9.31 Å². The molecule has 2 aromatic heterocycles. The van der Waals surface area contributed by atoms with Crippen molar-refractivity contribution in [2.75, 3.05) is 0 Å². The number of hydrogen-bond donors (Lipinski definition) is 1. The van der Waals surface area contributed by atoms with Gasteiger partial charge in [0, 0.05) is 23.2 Å². The van der Waals surface area contributed by atoms with Crippen LogP contribution in [0.4, 0.5) is 4.39 Å². The molecule has 0 amide bonds. The molecule has 4 rings (SSSR count). The third kappa shape index (κ3) is 2.40. The molecule has 1 saturated heterocycles. The Balaban J connectivity index is 1.49. The zero-order chi connectivity index (χ0) is 17.1. The van der Waals surface area contributed by atoms with Crippen LogP contribution in [0.5, 0.6) is 0 Å². The first kappa shape index (κ1) is 15.8. The summed E-state index contributed by atoms with van der Waals surface area (Å²) in [5.41, 5.74) is 1.53. The molecule has 1 N–H and O–H groups in total. The number of halogens is 1. The molecule has 24 heavy (non-hydrogen) atoms. The van der Waals surface area contributed by atoms with Gasteiger partial charge in [0.05, 0.1) is 11.2 Å². The minimum Gasteiger partial charge on any atom is -0.398 e. The number of allylic oxidation sites excluding steroid dienone is 1. The molecule has 1 aliphatic heterocycles. The summed E-state index contributed by atoms with van der Waals surface area (Å²) in [5, 5.41) is 1.09. The average Bonchev–Trinajstić information content (AvgIpc) is 2.95. The smallest absolute Gasteiger partial charge is 0.398 e. The molecule has 4 nitrogen and oxygen atoms in total. The maximum absolute atomic E-state index is 14.7. The van der Waals surface area contributed by atoms with E-state index in [0.717, 1.165) is 22.3 Å². The molecule has 3 heterocycles. The van der Waals surface area contributed by atoms with Gasteiger partial charge in [-0.25, -0.2) is 9.37 Å². The lowest BCUT2D eigenvalue weighted by atomic mass is 9.71. The van der Waals surface area contributed by atoms with E-state index in [2.05, 4.69) is 16.0 Å². The van der Waals surface area contributed by atoms with Gasteiger partial charge < -0.3 is 14.3 Å². The highest BCUT2D eigenvalue weighted by Crippen LogP contribution is 2.46. The number of H-pyrrole nitrogens is 1. The van der Waals surface area contributed by atoms with Crippen molar-refractivity contribution >= 4 is 18.2 Å². The Labute approximate surface area is 141 Å². The van der Waals surface area contributed by atoms with Gasteiger partial charge in [-0.1, -0.05) is 0 Å². The molecule has 2 aliphatic rings. The molecule has 126 valence electrons. The van der Waals surface area contributed by atoms with E-state index in [1.165, 1.54) is 0 Å². The van der Waals surface area contributed by atoms with Crippen molar-refractivity contribution in [3.63, 3.8) is 0 Å². The molecule has 1 aliphatic carbocycles. The van der Waals surface area contributed by atoms with Crippen molar-refractivity contribution in [2.24, 2.45) is 0 Å². The van der Waals surface area contributed by atoms with E-state index < -0.39 is 18.3 Å². The maximum Gasteiger partial charge on any atom is 0.525 e. The Morgan fingerprint density at radius 3 is 2.54 bits per heavy atom. The van der Waals surface area contributed by atoms with Crippen LogP contribution in [0, 0.1) is 0 Å². The number of aromatic amines is 1. The normalized spacial score (nSPS) is 25.1. The Morgan fingerprint density at radius 1 is 1.25 bits per heavy atom. The number of pyridine rings is 1. The largest absolute Gasteiger partial charge is 0.525 e. The van der Waals surface area contributed by atoms with Crippen molar-refractivity contribution < 1.29 is 13.7 Å². The van der Waals surface area contributed by atoms with Crippen LogP contribution < -0.4 is 0 Å². The van der Waals surface area contributed by atoms with Gasteiger partial charge in [0.25, 0.3) is 0 Å². The predicted molar refractivity (Wildman–Crippen MR) is 92.3 cm³/mol. The van der Waals surface area contributed by atoms with Crippen LogP contribution in [0.2, 0.25) is 0 Å². The van der Waals surface area contributed by atoms with E-state index >= 15 is 0 Å². The lowest BCUT2D eigenvalue weighted by Crippen LogP contribution is -2.41. The molecule has 2 aromatic rings. The molecule has 0 atom stereocenters. The van der Waals surface area contributed by atoms with Gasteiger partial charge in [-0.2, -0.15) is 0 Å². The fourth-order valence-corrected chi connectivity index (χ4v) is 3.26. The van der Waals surface area contributed by atoms with Crippen molar-refractivity contribution in [1.29, 1.82) is 0 Å². The first-order chi connectivity index (χ1) is 11.3. The van der Waals surface area contributed by atoms with Crippen molar-refractivity contribution in [3.05, 3.63) is 41.4 Å². The second-order valence-electron chi connectivity index (χ2n) is 7.81. The van der Waals surface area contributed by atoms with Crippen LogP contribution in [-0.2, 0) is 9.31 Å². The third-order valence-electron chi connectivity index (χ3n) is 5.64. The molecule has 0 bridgehead atoms.